The van der Waals surface area contributed by atoms with Crippen LogP contribution in [0.4, 0.5) is 11.6 Å². The first-order valence-corrected chi connectivity index (χ1v) is 10.5. The van der Waals surface area contributed by atoms with Crippen LogP contribution in [0.15, 0.2) is 65.9 Å². The van der Waals surface area contributed by atoms with Crippen molar-refractivity contribution < 1.29 is 0 Å². The van der Waals surface area contributed by atoms with Crippen LogP contribution in [0.1, 0.15) is 5.56 Å². The first kappa shape index (κ1) is 21.6. The fourth-order valence-corrected chi connectivity index (χ4v) is 3.59. The third-order valence-corrected chi connectivity index (χ3v) is 5.24. The van der Waals surface area contributed by atoms with Gasteiger partial charge in [0, 0.05) is 40.8 Å². The van der Waals surface area contributed by atoms with Crippen LogP contribution in [0.25, 0.3) is 22.3 Å². The SMILES string of the molecule is N/N=C(\N)c1ccc(NCCNc2nc(-c3ccc(Cl)cc3Cl)nc3ccccc23)nc1. The average Bonchev–Trinajstić information content (AvgIpc) is 2.81. The summed E-state index contributed by atoms with van der Waals surface area (Å²) in [7, 11) is 0. The molecule has 0 atom stereocenters. The van der Waals surface area contributed by atoms with Gasteiger partial charge in [0.2, 0.25) is 0 Å². The van der Waals surface area contributed by atoms with Crippen LogP contribution in [0.5, 0.6) is 0 Å². The quantitative estimate of drug-likeness (QED) is 0.106. The molecule has 0 bridgehead atoms. The van der Waals surface area contributed by atoms with E-state index < -0.39 is 0 Å². The van der Waals surface area contributed by atoms with E-state index in [4.69, 9.17) is 39.8 Å². The van der Waals surface area contributed by atoms with Gasteiger partial charge in [0.15, 0.2) is 11.7 Å². The molecule has 0 saturated heterocycles. The highest BCUT2D eigenvalue weighted by atomic mass is 35.5. The minimum Gasteiger partial charge on any atom is -0.382 e. The van der Waals surface area contributed by atoms with Gasteiger partial charge in [-0.25, -0.2) is 15.0 Å². The second-order valence-corrected chi connectivity index (χ2v) is 7.68. The van der Waals surface area contributed by atoms with E-state index in [-0.39, 0.29) is 5.84 Å². The maximum absolute atomic E-state index is 6.38. The second kappa shape index (κ2) is 9.67. The summed E-state index contributed by atoms with van der Waals surface area (Å²) < 4.78 is 0. The fourth-order valence-electron chi connectivity index (χ4n) is 3.10. The van der Waals surface area contributed by atoms with Crippen molar-refractivity contribution in [1.29, 1.82) is 0 Å². The van der Waals surface area contributed by atoms with Crippen molar-refractivity contribution in [3.63, 3.8) is 0 Å². The van der Waals surface area contributed by atoms with Crippen LogP contribution >= 0.6 is 23.2 Å². The zero-order valence-electron chi connectivity index (χ0n) is 16.9. The number of fused-ring (bicyclic) bond motifs is 1. The maximum atomic E-state index is 6.38. The van der Waals surface area contributed by atoms with Gasteiger partial charge in [0.05, 0.1) is 10.5 Å². The van der Waals surface area contributed by atoms with E-state index in [1.54, 1.807) is 24.4 Å². The third kappa shape index (κ3) is 4.82. The van der Waals surface area contributed by atoms with Crippen molar-refractivity contribution in [1.82, 2.24) is 15.0 Å². The van der Waals surface area contributed by atoms with Gasteiger partial charge in [0.25, 0.3) is 0 Å². The molecule has 32 heavy (non-hydrogen) atoms. The topological polar surface area (TPSA) is 127 Å². The minimum absolute atomic E-state index is 0.234. The minimum atomic E-state index is 0.234. The summed E-state index contributed by atoms with van der Waals surface area (Å²) >= 11 is 12.4. The van der Waals surface area contributed by atoms with Gasteiger partial charge in [-0.15, -0.1) is 0 Å². The summed E-state index contributed by atoms with van der Waals surface area (Å²) in [5.41, 5.74) is 7.87. The number of pyridine rings is 1. The molecule has 0 amide bonds. The number of halogens is 2. The summed E-state index contributed by atoms with van der Waals surface area (Å²) in [6.07, 6.45) is 1.61. The van der Waals surface area contributed by atoms with E-state index in [1.165, 1.54) is 0 Å². The van der Waals surface area contributed by atoms with Crippen LogP contribution < -0.4 is 22.2 Å². The molecule has 0 saturated carbocycles. The number of hydrogen-bond donors (Lipinski definition) is 4. The molecule has 2 heterocycles. The highest BCUT2D eigenvalue weighted by Gasteiger charge is 2.12. The van der Waals surface area contributed by atoms with E-state index >= 15 is 0 Å². The first-order valence-electron chi connectivity index (χ1n) is 9.75. The Morgan fingerprint density at radius 2 is 1.78 bits per heavy atom. The summed E-state index contributed by atoms with van der Waals surface area (Å²) in [6, 6.07) is 16.7. The third-order valence-electron chi connectivity index (χ3n) is 4.70. The lowest BCUT2D eigenvalue weighted by Gasteiger charge is -2.12. The zero-order valence-corrected chi connectivity index (χ0v) is 18.4. The molecule has 2 aromatic heterocycles. The number of hydrogen-bond acceptors (Lipinski definition) is 7. The number of nitrogens with zero attached hydrogens (tertiary/aromatic N) is 4. The molecule has 0 unspecified atom stereocenters. The van der Waals surface area contributed by atoms with Gasteiger partial charge in [-0.05, 0) is 42.5 Å². The summed E-state index contributed by atoms with van der Waals surface area (Å²) in [6.45, 7) is 1.22. The lowest BCUT2D eigenvalue weighted by molar-refractivity contribution is 1.04. The molecule has 4 rings (SSSR count). The predicted molar refractivity (Wildman–Crippen MR) is 131 cm³/mol. The van der Waals surface area contributed by atoms with Crippen molar-refractivity contribution in [2.24, 2.45) is 16.7 Å². The number of nitrogens with two attached hydrogens (primary N) is 2. The Balaban J connectivity index is 1.50. The van der Waals surface area contributed by atoms with Crippen LogP contribution in [0.2, 0.25) is 10.0 Å². The number of amidine groups is 1. The van der Waals surface area contributed by atoms with Gasteiger partial charge in [0.1, 0.15) is 11.6 Å². The Kier molecular flexibility index (Phi) is 6.53. The molecular weight excluding hydrogens is 447 g/mol. The summed E-state index contributed by atoms with van der Waals surface area (Å²) in [5, 5.41) is 12.0. The molecule has 10 heteroatoms. The van der Waals surface area contributed by atoms with Crippen molar-refractivity contribution in [3.05, 3.63) is 76.4 Å². The normalized spacial score (nSPS) is 11.5. The van der Waals surface area contributed by atoms with E-state index in [0.29, 0.717) is 51.7 Å². The summed E-state index contributed by atoms with van der Waals surface area (Å²) in [5.74, 6) is 7.37. The Hall–Kier alpha value is -3.62. The number of nitrogens with one attached hydrogen (secondary N) is 2. The molecular formula is C22H20Cl2N8. The van der Waals surface area contributed by atoms with E-state index in [1.807, 2.05) is 36.4 Å². The number of anilines is 2. The Morgan fingerprint density at radius 3 is 2.53 bits per heavy atom. The Labute approximate surface area is 194 Å². The molecule has 2 aromatic carbocycles. The van der Waals surface area contributed by atoms with Crippen LogP contribution in [0.3, 0.4) is 0 Å². The molecule has 0 fully saturated rings. The monoisotopic (exact) mass is 466 g/mol. The highest BCUT2D eigenvalue weighted by molar-refractivity contribution is 6.36. The Bertz CT molecular complexity index is 1270. The van der Waals surface area contributed by atoms with Crippen LogP contribution in [-0.2, 0) is 0 Å². The zero-order chi connectivity index (χ0) is 22.5. The Morgan fingerprint density at radius 1 is 0.969 bits per heavy atom. The molecule has 6 N–H and O–H groups in total. The largest absolute Gasteiger partial charge is 0.382 e. The van der Waals surface area contributed by atoms with Crippen molar-refractivity contribution >= 4 is 51.6 Å². The lowest BCUT2D eigenvalue weighted by Crippen LogP contribution is -2.17. The number of para-hydroxylation sites is 1. The number of rotatable bonds is 7. The fraction of sp³-hybridized carbons (Fsp3) is 0.0909. The molecule has 0 spiro atoms. The molecule has 0 radical (unpaired) electrons. The van der Waals surface area contributed by atoms with E-state index in [0.717, 1.165) is 10.9 Å². The standard InChI is InChI=1S/C22H20Cl2N8/c23-14-6-7-15(17(24)11-14)22-30-18-4-2-1-3-16(18)21(31-22)28-10-9-27-19-8-5-13(12-29-19)20(25)32-26/h1-8,11-12H,9-10,26H2,(H2,25,32)(H,27,29)(H,28,30,31). The van der Waals surface area contributed by atoms with Crippen molar-refractivity contribution in [2.45, 2.75) is 0 Å². The van der Waals surface area contributed by atoms with Gasteiger partial charge in [-0.3, -0.25) is 0 Å². The molecule has 8 nitrogen and oxygen atoms in total. The first-order chi connectivity index (χ1) is 15.5. The molecule has 0 aliphatic rings. The predicted octanol–water partition coefficient (Wildman–Crippen LogP) is 4.10. The number of aromatic nitrogens is 3. The van der Waals surface area contributed by atoms with Gasteiger partial charge < -0.3 is 22.2 Å². The molecule has 4 aromatic rings. The van der Waals surface area contributed by atoms with Crippen LogP contribution in [0, 0.1) is 0 Å². The summed E-state index contributed by atoms with van der Waals surface area (Å²) in [4.78, 5) is 13.7. The van der Waals surface area contributed by atoms with E-state index in [9.17, 15) is 0 Å². The highest BCUT2D eigenvalue weighted by Crippen LogP contribution is 2.31. The van der Waals surface area contributed by atoms with Gasteiger partial charge >= 0.3 is 0 Å². The number of benzene rings is 2. The number of hydrazone groups is 1. The van der Waals surface area contributed by atoms with E-state index in [2.05, 4.69) is 25.7 Å². The molecule has 162 valence electrons. The molecule has 0 aliphatic heterocycles. The molecule has 0 aliphatic carbocycles. The average molecular weight is 467 g/mol. The van der Waals surface area contributed by atoms with Gasteiger partial charge in [-0.1, -0.05) is 35.3 Å². The maximum Gasteiger partial charge on any atom is 0.163 e. The second-order valence-electron chi connectivity index (χ2n) is 6.84. The van der Waals surface area contributed by atoms with Crippen molar-refractivity contribution in [2.75, 3.05) is 23.7 Å². The lowest BCUT2D eigenvalue weighted by atomic mass is 10.2. The van der Waals surface area contributed by atoms with Crippen molar-refractivity contribution in [3.8, 4) is 11.4 Å². The van der Waals surface area contributed by atoms with Gasteiger partial charge in [-0.2, -0.15) is 5.10 Å². The smallest absolute Gasteiger partial charge is 0.163 e. The van der Waals surface area contributed by atoms with Crippen LogP contribution in [-0.4, -0.2) is 33.9 Å².